The number of rotatable bonds is 4. The van der Waals surface area contributed by atoms with Crippen LogP contribution in [0.25, 0.3) is 0 Å². The fraction of sp³-hybridized carbons (Fsp3) is 0.368. The molecule has 25 heavy (non-hydrogen) atoms. The molecule has 1 aliphatic heterocycles. The highest BCUT2D eigenvalue weighted by molar-refractivity contribution is 5.84. The van der Waals surface area contributed by atoms with Crippen molar-refractivity contribution >= 4 is 11.8 Å². The van der Waals surface area contributed by atoms with Gasteiger partial charge in [-0.3, -0.25) is 9.59 Å². The van der Waals surface area contributed by atoms with Gasteiger partial charge in [-0.2, -0.15) is 0 Å². The predicted octanol–water partition coefficient (Wildman–Crippen LogP) is 2.01. The number of amides is 2. The number of hydrogen-bond donors (Lipinski definition) is 1. The van der Waals surface area contributed by atoms with Crippen LogP contribution < -0.4 is 5.32 Å². The standard InChI is InChI=1S/C19H22N4O2/c1-13-20-11-10-15(22-13)12-21-19(25)16-8-9-17(24)23(2)18(16)14-6-4-3-5-7-14/h3-7,10-11,16,18H,8-9,12H2,1-2H3,(H,21,25)/t16-,18+/m0/s1. The first-order valence-electron chi connectivity index (χ1n) is 8.43. The smallest absolute Gasteiger partial charge is 0.225 e. The second-order valence-electron chi connectivity index (χ2n) is 6.32. The highest BCUT2D eigenvalue weighted by Gasteiger charge is 2.38. The minimum atomic E-state index is -0.270. The van der Waals surface area contributed by atoms with Crippen LogP contribution in [-0.2, 0) is 16.1 Å². The molecule has 1 aliphatic rings. The summed E-state index contributed by atoms with van der Waals surface area (Å²) >= 11 is 0. The van der Waals surface area contributed by atoms with E-state index in [1.54, 1.807) is 24.2 Å². The van der Waals surface area contributed by atoms with Crippen LogP contribution in [0.3, 0.4) is 0 Å². The number of nitrogens with one attached hydrogen (secondary N) is 1. The van der Waals surface area contributed by atoms with Crippen LogP contribution in [0.1, 0.15) is 36.0 Å². The van der Waals surface area contributed by atoms with E-state index in [1.807, 2.05) is 37.3 Å². The highest BCUT2D eigenvalue weighted by atomic mass is 16.2. The summed E-state index contributed by atoms with van der Waals surface area (Å²) in [5, 5.41) is 2.96. The van der Waals surface area contributed by atoms with Gasteiger partial charge >= 0.3 is 0 Å². The van der Waals surface area contributed by atoms with Crippen LogP contribution in [0.2, 0.25) is 0 Å². The first kappa shape index (κ1) is 17.1. The van der Waals surface area contributed by atoms with Crippen LogP contribution in [-0.4, -0.2) is 33.7 Å². The topological polar surface area (TPSA) is 75.2 Å². The lowest BCUT2D eigenvalue weighted by Gasteiger charge is -2.38. The minimum absolute atomic E-state index is 0.0514. The largest absolute Gasteiger partial charge is 0.350 e. The Kier molecular flexibility index (Phi) is 5.07. The monoisotopic (exact) mass is 338 g/mol. The molecule has 130 valence electrons. The van der Waals surface area contributed by atoms with Crippen molar-refractivity contribution in [1.29, 1.82) is 0 Å². The molecule has 1 N–H and O–H groups in total. The van der Waals surface area contributed by atoms with E-state index in [-0.39, 0.29) is 23.8 Å². The van der Waals surface area contributed by atoms with Crippen molar-refractivity contribution in [2.45, 2.75) is 32.4 Å². The molecular weight excluding hydrogens is 316 g/mol. The third kappa shape index (κ3) is 3.84. The van der Waals surface area contributed by atoms with Gasteiger partial charge in [0, 0.05) is 19.7 Å². The molecule has 0 bridgehead atoms. The molecule has 6 heteroatoms. The number of hydrogen-bond acceptors (Lipinski definition) is 4. The van der Waals surface area contributed by atoms with Crippen LogP contribution in [0.15, 0.2) is 42.6 Å². The Hall–Kier alpha value is -2.76. The van der Waals surface area contributed by atoms with Crippen molar-refractivity contribution in [3.05, 3.63) is 59.7 Å². The van der Waals surface area contributed by atoms with Gasteiger partial charge in [0.1, 0.15) is 5.82 Å². The molecule has 2 amide bonds. The Morgan fingerprint density at radius 1 is 1.28 bits per heavy atom. The summed E-state index contributed by atoms with van der Waals surface area (Å²) in [5.41, 5.74) is 1.76. The van der Waals surface area contributed by atoms with Crippen molar-refractivity contribution in [3.8, 4) is 0 Å². The van der Waals surface area contributed by atoms with E-state index in [4.69, 9.17) is 0 Å². The third-order valence-electron chi connectivity index (χ3n) is 4.62. The summed E-state index contributed by atoms with van der Waals surface area (Å²) in [4.78, 5) is 35.0. The Morgan fingerprint density at radius 2 is 2.04 bits per heavy atom. The van der Waals surface area contributed by atoms with E-state index >= 15 is 0 Å². The second-order valence-corrected chi connectivity index (χ2v) is 6.32. The van der Waals surface area contributed by atoms with Crippen LogP contribution in [0, 0.1) is 12.8 Å². The lowest BCUT2D eigenvalue weighted by atomic mass is 9.84. The predicted molar refractivity (Wildman–Crippen MR) is 93.3 cm³/mol. The SMILES string of the molecule is Cc1nccc(CNC(=O)[C@H]2CCC(=O)N(C)[C@@H]2c2ccccc2)n1. The molecular formula is C19H22N4O2. The molecule has 3 rings (SSSR count). The molecule has 2 heterocycles. The lowest BCUT2D eigenvalue weighted by Crippen LogP contribution is -2.46. The van der Waals surface area contributed by atoms with Crippen molar-refractivity contribution in [2.75, 3.05) is 7.05 Å². The van der Waals surface area contributed by atoms with Crippen LogP contribution in [0.5, 0.6) is 0 Å². The molecule has 1 aromatic heterocycles. The minimum Gasteiger partial charge on any atom is -0.350 e. The molecule has 1 fully saturated rings. The highest BCUT2D eigenvalue weighted by Crippen LogP contribution is 2.35. The molecule has 0 spiro atoms. The van der Waals surface area contributed by atoms with Gasteiger partial charge in [0.25, 0.3) is 0 Å². The summed E-state index contributed by atoms with van der Waals surface area (Å²) in [7, 11) is 1.77. The van der Waals surface area contributed by atoms with E-state index in [0.717, 1.165) is 11.3 Å². The summed E-state index contributed by atoms with van der Waals surface area (Å²) in [6, 6.07) is 11.3. The maximum absolute atomic E-state index is 12.8. The van der Waals surface area contributed by atoms with Gasteiger partial charge in [0.05, 0.1) is 24.2 Å². The average molecular weight is 338 g/mol. The number of benzene rings is 1. The van der Waals surface area contributed by atoms with Gasteiger partial charge in [-0.25, -0.2) is 9.97 Å². The molecule has 0 radical (unpaired) electrons. The zero-order chi connectivity index (χ0) is 17.8. The molecule has 2 aromatic rings. The Morgan fingerprint density at radius 3 is 2.76 bits per heavy atom. The van der Waals surface area contributed by atoms with Crippen LogP contribution >= 0.6 is 0 Å². The van der Waals surface area contributed by atoms with Crippen LogP contribution in [0.4, 0.5) is 0 Å². The number of aryl methyl sites for hydroxylation is 1. The number of piperidine rings is 1. The summed E-state index contributed by atoms with van der Waals surface area (Å²) in [5.74, 6) is 0.429. The van der Waals surface area contributed by atoms with Gasteiger partial charge in [-0.1, -0.05) is 30.3 Å². The number of aromatic nitrogens is 2. The number of nitrogens with zero attached hydrogens (tertiary/aromatic N) is 3. The zero-order valence-corrected chi connectivity index (χ0v) is 14.5. The van der Waals surface area contributed by atoms with E-state index in [2.05, 4.69) is 15.3 Å². The first-order valence-corrected chi connectivity index (χ1v) is 8.43. The average Bonchev–Trinajstić information content (AvgIpc) is 2.62. The zero-order valence-electron chi connectivity index (χ0n) is 14.5. The van der Waals surface area contributed by atoms with E-state index in [9.17, 15) is 9.59 Å². The third-order valence-corrected chi connectivity index (χ3v) is 4.62. The van der Waals surface area contributed by atoms with E-state index in [0.29, 0.717) is 25.2 Å². The van der Waals surface area contributed by atoms with Crippen molar-refractivity contribution < 1.29 is 9.59 Å². The van der Waals surface area contributed by atoms with Gasteiger partial charge in [-0.05, 0) is 25.0 Å². The Balaban J connectivity index is 1.76. The fourth-order valence-electron chi connectivity index (χ4n) is 3.33. The second kappa shape index (κ2) is 7.42. The Bertz CT molecular complexity index is 763. The van der Waals surface area contributed by atoms with Gasteiger partial charge in [0.15, 0.2) is 0 Å². The van der Waals surface area contributed by atoms with Crippen molar-refractivity contribution in [3.63, 3.8) is 0 Å². The lowest BCUT2D eigenvalue weighted by molar-refractivity contribution is -0.141. The number of likely N-dealkylation sites (tertiary alicyclic amines) is 1. The number of carbonyl (C=O) groups is 2. The molecule has 1 aromatic carbocycles. The van der Waals surface area contributed by atoms with E-state index < -0.39 is 0 Å². The summed E-state index contributed by atoms with van der Waals surface area (Å²) in [6.45, 7) is 2.18. The number of carbonyl (C=O) groups excluding carboxylic acids is 2. The Labute approximate surface area is 147 Å². The van der Waals surface area contributed by atoms with Crippen molar-refractivity contribution in [2.24, 2.45) is 5.92 Å². The fourth-order valence-corrected chi connectivity index (χ4v) is 3.33. The molecule has 1 saturated heterocycles. The molecule has 0 saturated carbocycles. The normalized spacial score (nSPS) is 20.4. The molecule has 0 unspecified atom stereocenters. The maximum atomic E-state index is 12.8. The quantitative estimate of drug-likeness (QED) is 0.925. The summed E-state index contributed by atoms with van der Waals surface area (Å²) in [6.07, 6.45) is 2.63. The molecule has 2 atom stereocenters. The summed E-state index contributed by atoms with van der Waals surface area (Å²) < 4.78 is 0. The molecule has 6 nitrogen and oxygen atoms in total. The van der Waals surface area contributed by atoms with Gasteiger partial charge in [-0.15, -0.1) is 0 Å². The molecule has 0 aliphatic carbocycles. The van der Waals surface area contributed by atoms with E-state index in [1.165, 1.54) is 0 Å². The maximum Gasteiger partial charge on any atom is 0.225 e. The van der Waals surface area contributed by atoms with Gasteiger partial charge < -0.3 is 10.2 Å². The van der Waals surface area contributed by atoms with Gasteiger partial charge in [0.2, 0.25) is 11.8 Å². The first-order chi connectivity index (χ1) is 12.1. The van der Waals surface area contributed by atoms with Crippen molar-refractivity contribution in [1.82, 2.24) is 20.2 Å².